The van der Waals surface area contributed by atoms with Crippen LogP contribution in [0.1, 0.15) is 0 Å². The molecule has 1 N–H and O–H groups in total. The van der Waals surface area contributed by atoms with E-state index < -0.39 is 0 Å². The van der Waals surface area contributed by atoms with E-state index in [1.54, 1.807) is 4.68 Å². The van der Waals surface area contributed by atoms with E-state index in [0.29, 0.717) is 28.5 Å². The number of benzene rings is 3. The molecule has 0 spiro atoms. The van der Waals surface area contributed by atoms with Crippen molar-refractivity contribution in [1.29, 1.82) is 0 Å². The van der Waals surface area contributed by atoms with E-state index in [1.807, 2.05) is 66.7 Å². The minimum absolute atomic E-state index is 0.00110. The highest BCUT2D eigenvalue weighted by molar-refractivity contribution is 5.83. The van der Waals surface area contributed by atoms with Gasteiger partial charge in [0.2, 0.25) is 5.75 Å². The van der Waals surface area contributed by atoms with Crippen molar-refractivity contribution >= 4 is 0 Å². The van der Waals surface area contributed by atoms with Crippen LogP contribution in [0.2, 0.25) is 0 Å². The van der Waals surface area contributed by atoms with Crippen molar-refractivity contribution in [3.05, 3.63) is 72.8 Å². The Labute approximate surface area is 174 Å². The molecule has 0 fully saturated rings. The van der Waals surface area contributed by atoms with Crippen LogP contribution in [0.15, 0.2) is 72.8 Å². The minimum Gasteiger partial charge on any atom is -0.507 e. The summed E-state index contributed by atoms with van der Waals surface area (Å²) < 4.78 is 18.3. The standard InChI is InChI=1S/C24H22N2O4/c1-28-21-15-20(27)22(24(30-3)23(21)29-2)19-14-18(16-10-6-4-7-11-16)25-26(19)17-12-8-5-9-13-17/h4-15,27H,1-3H3. The molecule has 152 valence electrons. The van der Waals surface area contributed by atoms with Gasteiger partial charge in [-0.2, -0.15) is 5.10 Å². The van der Waals surface area contributed by atoms with Crippen molar-refractivity contribution in [2.75, 3.05) is 21.3 Å². The number of aromatic hydroxyl groups is 1. The highest BCUT2D eigenvalue weighted by Gasteiger charge is 2.25. The lowest BCUT2D eigenvalue weighted by atomic mass is 10.1. The molecule has 0 aliphatic heterocycles. The van der Waals surface area contributed by atoms with E-state index in [9.17, 15) is 5.11 Å². The summed E-state index contributed by atoms with van der Waals surface area (Å²) in [6.45, 7) is 0. The van der Waals surface area contributed by atoms with Crippen molar-refractivity contribution in [2.45, 2.75) is 0 Å². The first kappa shape index (κ1) is 19.4. The third kappa shape index (κ3) is 3.33. The molecule has 6 heteroatoms. The molecule has 0 bridgehead atoms. The van der Waals surface area contributed by atoms with Crippen LogP contribution >= 0.6 is 0 Å². The molecule has 0 amide bonds. The Morgan fingerprint density at radius 3 is 2.00 bits per heavy atom. The number of aromatic nitrogens is 2. The van der Waals surface area contributed by atoms with Crippen molar-refractivity contribution in [2.24, 2.45) is 0 Å². The fourth-order valence-corrected chi connectivity index (χ4v) is 3.47. The molecule has 1 aromatic heterocycles. The summed E-state index contributed by atoms with van der Waals surface area (Å²) in [4.78, 5) is 0. The summed E-state index contributed by atoms with van der Waals surface area (Å²) in [5, 5.41) is 15.7. The summed E-state index contributed by atoms with van der Waals surface area (Å²) >= 11 is 0. The second-order valence-corrected chi connectivity index (χ2v) is 6.57. The molecule has 0 saturated heterocycles. The number of phenolic OH excluding ortho intramolecular Hbond substituents is 1. The average molecular weight is 402 g/mol. The van der Waals surface area contributed by atoms with E-state index in [0.717, 1.165) is 16.9 Å². The second-order valence-electron chi connectivity index (χ2n) is 6.57. The van der Waals surface area contributed by atoms with Gasteiger partial charge in [0.25, 0.3) is 0 Å². The maximum Gasteiger partial charge on any atom is 0.204 e. The number of phenols is 1. The van der Waals surface area contributed by atoms with Gasteiger partial charge in [0.05, 0.1) is 44.0 Å². The molecule has 3 aromatic carbocycles. The van der Waals surface area contributed by atoms with Gasteiger partial charge >= 0.3 is 0 Å². The fraction of sp³-hybridized carbons (Fsp3) is 0.125. The molecule has 0 saturated carbocycles. The lowest BCUT2D eigenvalue weighted by Crippen LogP contribution is -2.02. The molecule has 6 nitrogen and oxygen atoms in total. The summed E-state index contributed by atoms with van der Waals surface area (Å²) in [7, 11) is 4.57. The first-order valence-electron chi connectivity index (χ1n) is 9.41. The Bertz CT molecular complexity index is 1160. The molecule has 0 aliphatic carbocycles. The Balaban J connectivity index is 2.02. The number of ether oxygens (including phenoxy) is 3. The van der Waals surface area contributed by atoms with Crippen LogP contribution in [0.25, 0.3) is 28.2 Å². The van der Waals surface area contributed by atoms with Crippen molar-refractivity contribution in [1.82, 2.24) is 9.78 Å². The van der Waals surface area contributed by atoms with Crippen molar-refractivity contribution < 1.29 is 19.3 Å². The molecular weight excluding hydrogens is 380 g/mol. The first-order valence-corrected chi connectivity index (χ1v) is 9.41. The number of rotatable bonds is 6. The predicted octanol–water partition coefficient (Wildman–Crippen LogP) is 4.94. The zero-order valence-corrected chi connectivity index (χ0v) is 17.0. The quantitative estimate of drug-likeness (QED) is 0.495. The zero-order chi connectivity index (χ0) is 21.1. The molecule has 0 aliphatic rings. The number of nitrogens with zero attached hydrogens (tertiary/aromatic N) is 2. The second kappa shape index (κ2) is 8.21. The Hall–Kier alpha value is -3.93. The number of methoxy groups -OCH3 is 3. The molecule has 4 rings (SSSR count). The third-order valence-electron chi connectivity index (χ3n) is 4.85. The Kier molecular flexibility index (Phi) is 5.30. The maximum atomic E-state index is 10.9. The van der Waals surface area contributed by atoms with E-state index in [4.69, 9.17) is 19.3 Å². The highest BCUT2D eigenvalue weighted by atomic mass is 16.5. The van der Waals surface area contributed by atoms with Crippen LogP contribution in [-0.2, 0) is 0 Å². The van der Waals surface area contributed by atoms with Gasteiger partial charge in [-0.25, -0.2) is 4.68 Å². The van der Waals surface area contributed by atoms with Gasteiger partial charge in [0.1, 0.15) is 5.75 Å². The van der Waals surface area contributed by atoms with E-state index >= 15 is 0 Å². The van der Waals surface area contributed by atoms with Crippen LogP contribution in [0.3, 0.4) is 0 Å². The Morgan fingerprint density at radius 1 is 0.767 bits per heavy atom. The maximum absolute atomic E-state index is 10.9. The van der Waals surface area contributed by atoms with Crippen LogP contribution in [0, 0.1) is 0 Å². The van der Waals surface area contributed by atoms with E-state index in [2.05, 4.69) is 0 Å². The zero-order valence-electron chi connectivity index (χ0n) is 17.0. The first-order chi connectivity index (χ1) is 14.7. The van der Waals surface area contributed by atoms with E-state index in [-0.39, 0.29) is 5.75 Å². The van der Waals surface area contributed by atoms with Gasteiger partial charge < -0.3 is 19.3 Å². The van der Waals surface area contributed by atoms with Crippen LogP contribution < -0.4 is 14.2 Å². The topological polar surface area (TPSA) is 65.7 Å². The van der Waals surface area contributed by atoms with Crippen LogP contribution in [-0.4, -0.2) is 36.2 Å². The molecule has 0 radical (unpaired) electrons. The Morgan fingerprint density at radius 2 is 1.40 bits per heavy atom. The third-order valence-corrected chi connectivity index (χ3v) is 4.85. The molecule has 4 aromatic rings. The molecule has 0 atom stereocenters. The summed E-state index contributed by atoms with van der Waals surface area (Å²) in [5.41, 5.74) is 3.72. The summed E-state index contributed by atoms with van der Waals surface area (Å²) in [5.74, 6) is 1.15. The number of para-hydroxylation sites is 1. The van der Waals surface area contributed by atoms with Gasteiger partial charge in [-0.3, -0.25) is 0 Å². The minimum atomic E-state index is 0.00110. The van der Waals surface area contributed by atoms with E-state index in [1.165, 1.54) is 27.4 Å². The van der Waals surface area contributed by atoms with Gasteiger partial charge in [0.15, 0.2) is 11.5 Å². The van der Waals surface area contributed by atoms with Gasteiger partial charge in [-0.15, -0.1) is 0 Å². The molecule has 1 heterocycles. The molecule has 0 unspecified atom stereocenters. The van der Waals surface area contributed by atoms with Gasteiger partial charge in [0, 0.05) is 11.6 Å². The van der Waals surface area contributed by atoms with Crippen LogP contribution in [0.5, 0.6) is 23.0 Å². The largest absolute Gasteiger partial charge is 0.507 e. The lowest BCUT2D eigenvalue weighted by molar-refractivity contribution is 0.321. The smallest absolute Gasteiger partial charge is 0.204 e. The average Bonchev–Trinajstić information content (AvgIpc) is 3.24. The fourth-order valence-electron chi connectivity index (χ4n) is 3.47. The van der Waals surface area contributed by atoms with Gasteiger partial charge in [-0.05, 0) is 18.2 Å². The summed E-state index contributed by atoms with van der Waals surface area (Å²) in [6.07, 6.45) is 0. The number of hydrogen-bond donors (Lipinski definition) is 1. The van der Waals surface area contributed by atoms with Crippen LogP contribution in [0.4, 0.5) is 0 Å². The molecular formula is C24H22N2O4. The SMILES string of the molecule is COc1cc(O)c(-c2cc(-c3ccccc3)nn2-c2ccccc2)c(OC)c1OC. The van der Waals surface area contributed by atoms with Crippen molar-refractivity contribution in [3.63, 3.8) is 0 Å². The normalized spacial score (nSPS) is 10.6. The lowest BCUT2D eigenvalue weighted by Gasteiger charge is -2.18. The van der Waals surface area contributed by atoms with Gasteiger partial charge in [-0.1, -0.05) is 48.5 Å². The number of hydrogen-bond acceptors (Lipinski definition) is 5. The highest BCUT2D eigenvalue weighted by Crippen LogP contribution is 2.50. The predicted molar refractivity (Wildman–Crippen MR) is 116 cm³/mol. The molecule has 30 heavy (non-hydrogen) atoms. The van der Waals surface area contributed by atoms with Crippen molar-refractivity contribution in [3.8, 4) is 51.2 Å². The summed E-state index contributed by atoms with van der Waals surface area (Å²) in [6, 6.07) is 23.0. The monoisotopic (exact) mass is 402 g/mol.